The quantitative estimate of drug-likeness (QED) is 0.705. The summed E-state index contributed by atoms with van der Waals surface area (Å²) in [6.07, 6.45) is -3.85. The number of benzene rings is 1. The zero-order valence-corrected chi connectivity index (χ0v) is 13.9. The Bertz CT molecular complexity index is 467. The van der Waals surface area contributed by atoms with Crippen molar-refractivity contribution < 1.29 is 22.7 Å². The maximum absolute atomic E-state index is 12.5. The van der Waals surface area contributed by atoms with Gasteiger partial charge in [-0.25, -0.2) is 0 Å². The van der Waals surface area contributed by atoms with Crippen LogP contribution in [-0.4, -0.2) is 38.8 Å². The first-order valence-electron chi connectivity index (χ1n) is 6.98. The average molecular weight is 355 g/mol. The van der Waals surface area contributed by atoms with Crippen LogP contribution >= 0.6 is 12.4 Å². The fourth-order valence-corrected chi connectivity index (χ4v) is 1.94. The van der Waals surface area contributed by atoms with Gasteiger partial charge in [0.1, 0.15) is 0 Å². The number of carbonyl (C=O) groups excluding carboxylic acids is 1. The molecule has 0 spiro atoms. The summed E-state index contributed by atoms with van der Waals surface area (Å²) in [5, 5.41) is 5.70. The Labute approximate surface area is 140 Å². The van der Waals surface area contributed by atoms with Crippen molar-refractivity contribution in [2.75, 3.05) is 26.8 Å². The summed E-state index contributed by atoms with van der Waals surface area (Å²) in [5.74, 6) is -0.157. The van der Waals surface area contributed by atoms with Crippen LogP contribution in [0, 0.1) is 0 Å². The average Bonchev–Trinajstić information content (AvgIpc) is 2.43. The predicted octanol–water partition coefficient (Wildman–Crippen LogP) is 2.41. The highest BCUT2D eigenvalue weighted by molar-refractivity contribution is 5.85. The first-order valence-corrected chi connectivity index (χ1v) is 6.98. The van der Waals surface area contributed by atoms with Crippen LogP contribution in [0.5, 0.6) is 0 Å². The number of carbonyl (C=O) groups is 1. The molecular weight excluding hydrogens is 333 g/mol. The highest BCUT2D eigenvalue weighted by Gasteiger charge is 2.29. The second-order valence-electron chi connectivity index (χ2n) is 5.04. The molecule has 0 aliphatic carbocycles. The molecule has 0 aliphatic heterocycles. The molecule has 0 aromatic heterocycles. The minimum atomic E-state index is -4.33. The number of ether oxygens (including phenoxy) is 1. The van der Waals surface area contributed by atoms with Gasteiger partial charge in [0, 0.05) is 19.7 Å². The van der Waals surface area contributed by atoms with E-state index in [0.29, 0.717) is 19.6 Å². The second kappa shape index (κ2) is 10.5. The Hall–Kier alpha value is -1.31. The Kier molecular flexibility index (Phi) is 9.87. The summed E-state index contributed by atoms with van der Waals surface area (Å²) in [7, 11) is 1.58. The van der Waals surface area contributed by atoms with E-state index in [2.05, 4.69) is 10.6 Å². The summed E-state index contributed by atoms with van der Waals surface area (Å²) in [6, 6.07) is 4.81. The molecule has 4 nitrogen and oxygen atoms in total. The van der Waals surface area contributed by atoms with Crippen molar-refractivity contribution in [3.8, 4) is 0 Å². The second-order valence-corrected chi connectivity index (χ2v) is 5.04. The number of hydrogen-bond donors (Lipinski definition) is 2. The van der Waals surface area contributed by atoms with Crippen LogP contribution in [0.2, 0.25) is 0 Å². The van der Waals surface area contributed by atoms with Crippen molar-refractivity contribution in [1.29, 1.82) is 0 Å². The zero-order valence-electron chi connectivity index (χ0n) is 13.1. The molecule has 0 saturated heterocycles. The Morgan fingerprint density at radius 3 is 2.39 bits per heavy atom. The van der Waals surface area contributed by atoms with Gasteiger partial charge in [0.05, 0.1) is 18.7 Å². The van der Waals surface area contributed by atoms with Crippen molar-refractivity contribution in [2.45, 2.75) is 25.6 Å². The summed E-state index contributed by atoms with van der Waals surface area (Å²) in [4.78, 5) is 11.6. The van der Waals surface area contributed by atoms with Crippen molar-refractivity contribution in [3.05, 3.63) is 35.4 Å². The number of rotatable bonds is 8. The standard InChI is InChI=1S/C15H21F3N2O2.ClH/c1-11(20-14(21)10-19-7-8-22-2)9-12-3-5-13(6-4-12)15(16,17)18;/h3-6,11,19H,7-10H2,1-2H3,(H,20,21);1H. The third-order valence-electron chi connectivity index (χ3n) is 3.00. The van der Waals surface area contributed by atoms with Crippen molar-refractivity contribution in [2.24, 2.45) is 0 Å². The Morgan fingerprint density at radius 2 is 1.87 bits per heavy atom. The third kappa shape index (κ3) is 8.78. The lowest BCUT2D eigenvalue weighted by molar-refractivity contribution is -0.137. The summed E-state index contributed by atoms with van der Waals surface area (Å²) >= 11 is 0. The molecule has 1 aromatic carbocycles. The topological polar surface area (TPSA) is 50.4 Å². The van der Waals surface area contributed by atoms with Gasteiger partial charge in [-0.15, -0.1) is 12.4 Å². The molecule has 1 rings (SSSR count). The van der Waals surface area contributed by atoms with Gasteiger partial charge in [-0.2, -0.15) is 13.2 Å². The van der Waals surface area contributed by atoms with E-state index in [1.165, 1.54) is 12.1 Å². The highest BCUT2D eigenvalue weighted by Crippen LogP contribution is 2.29. The van der Waals surface area contributed by atoms with E-state index in [1.807, 2.05) is 6.92 Å². The van der Waals surface area contributed by atoms with Gasteiger partial charge in [-0.3, -0.25) is 4.79 Å². The number of methoxy groups -OCH3 is 1. The van der Waals surface area contributed by atoms with Crippen molar-refractivity contribution >= 4 is 18.3 Å². The molecule has 8 heteroatoms. The maximum Gasteiger partial charge on any atom is 0.416 e. The van der Waals surface area contributed by atoms with Crippen LogP contribution < -0.4 is 10.6 Å². The number of alkyl halides is 3. The minimum absolute atomic E-state index is 0. The molecule has 1 amide bonds. The van der Waals surface area contributed by atoms with E-state index in [9.17, 15) is 18.0 Å². The lowest BCUT2D eigenvalue weighted by Gasteiger charge is -2.15. The molecule has 0 heterocycles. The molecule has 2 N–H and O–H groups in total. The normalized spacial score (nSPS) is 12.4. The molecule has 0 bridgehead atoms. The van der Waals surface area contributed by atoms with Crippen LogP contribution in [-0.2, 0) is 22.1 Å². The first kappa shape index (κ1) is 21.7. The molecule has 1 aromatic rings. The monoisotopic (exact) mass is 354 g/mol. The van der Waals surface area contributed by atoms with E-state index in [0.717, 1.165) is 17.7 Å². The van der Waals surface area contributed by atoms with E-state index in [4.69, 9.17) is 4.74 Å². The molecule has 0 radical (unpaired) electrons. The van der Waals surface area contributed by atoms with Crippen LogP contribution in [0.15, 0.2) is 24.3 Å². The van der Waals surface area contributed by atoms with Gasteiger partial charge in [0.15, 0.2) is 0 Å². The van der Waals surface area contributed by atoms with Crippen LogP contribution in [0.3, 0.4) is 0 Å². The molecule has 1 unspecified atom stereocenters. The van der Waals surface area contributed by atoms with E-state index >= 15 is 0 Å². The van der Waals surface area contributed by atoms with E-state index in [-0.39, 0.29) is 30.9 Å². The van der Waals surface area contributed by atoms with Crippen molar-refractivity contribution in [3.63, 3.8) is 0 Å². The summed E-state index contributed by atoms with van der Waals surface area (Å²) < 4.78 is 42.2. The Balaban J connectivity index is 0.00000484. The fraction of sp³-hybridized carbons (Fsp3) is 0.533. The van der Waals surface area contributed by atoms with Crippen LogP contribution in [0.25, 0.3) is 0 Å². The van der Waals surface area contributed by atoms with Crippen LogP contribution in [0.4, 0.5) is 13.2 Å². The number of hydrogen-bond acceptors (Lipinski definition) is 3. The van der Waals surface area contributed by atoms with Crippen LogP contribution in [0.1, 0.15) is 18.1 Å². The largest absolute Gasteiger partial charge is 0.416 e. The predicted molar refractivity (Wildman–Crippen MR) is 84.7 cm³/mol. The van der Waals surface area contributed by atoms with Gasteiger partial charge in [0.25, 0.3) is 0 Å². The maximum atomic E-state index is 12.5. The SMILES string of the molecule is COCCNCC(=O)NC(C)Cc1ccc(C(F)(F)F)cc1.Cl. The summed E-state index contributed by atoms with van der Waals surface area (Å²) in [5.41, 5.74) is 0.0726. The highest BCUT2D eigenvalue weighted by atomic mass is 35.5. The smallest absolute Gasteiger partial charge is 0.383 e. The molecule has 0 aliphatic rings. The van der Waals surface area contributed by atoms with E-state index < -0.39 is 11.7 Å². The Morgan fingerprint density at radius 1 is 1.26 bits per heavy atom. The lowest BCUT2D eigenvalue weighted by Crippen LogP contribution is -2.40. The molecule has 1 atom stereocenters. The summed E-state index contributed by atoms with van der Waals surface area (Å²) in [6.45, 7) is 3.09. The number of nitrogens with one attached hydrogen (secondary N) is 2. The zero-order chi connectivity index (χ0) is 16.6. The molecule has 132 valence electrons. The van der Waals surface area contributed by atoms with Crippen molar-refractivity contribution in [1.82, 2.24) is 10.6 Å². The molecule has 0 fully saturated rings. The minimum Gasteiger partial charge on any atom is -0.383 e. The first-order chi connectivity index (χ1) is 10.3. The van der Waals surface area contributed by atoms with Gasteiger partial charge in [-0.1, -0.05) is 12.1 Å². The van der Waals surface area contributed by atoms with Gasteiger partial charge < -0.3 is 15.4 Å². The number of amides is 1. The van der Waals surface area contributed by atoms with Gasteiger partial charge >= 0.3 is 6.18 Å². The van der Waals surface area contributed by atoms with Gasteiger partial charge in [0.2, 0.25) is 5.91 Å². The lowest BCUT2D eigenvalue weighted by atomic mass is 10.0. The fourth-order valence-electron chi connectivity index (χ4n) is 1.94. The van der Waals surface area contributed by atoms with E-state index in [1.54, 1.807) is 7.11 Å². The van der Waals surface area contributed by atoms with Gasteiger partial charge in [-0.05, 0) is 31.0 Å². The third-order valence-corrected chi connectivity index (χ3v) is 3.00. The molecule has 0 saturated carbocycles. The molecule has 23 heavy (non-hydrogen) atoms. The molecular formula is C15H22ClF3N2O2. The number of halogens is 4.